The minimum absolute atomic E-state index is 0.000839. The van der Waals surface area contributed by atoms with E-state index in [0.29, 0.717) is 0 Å². The first-order valence-electron chi connectivity index (χ1n) is 5.16. The number of methoxy groups -OCH3 is 1. The number of hydrogen-bond donors (Lipinski definition) is 3. The molecule has 0 saturated carbocycles. The lowest BCUT2D eigenvalue weighted by Gasteiger charge is -2.09. The van der Waals surface area contributed by atoms with E-state index in [9.17, 15) is 12.8 Å². The fraction of sp³-hybridized carbons (Fsp3) is 0.300. The van der Waals surface area contributed by atoms with Crippen molar-refractivity contribution in [2.75, 3.05) is 24.2 Å². The Labute approximate surface area is 109 Å². The van der Waals surface area contributed by atoms with Gasteiger partial charge in [-0.3, -0.25) is 4.72 Å². The molecule has 0 aliphatic rings. The zero-order valence-electron chi connectivity index (χ0n) is 10.1. The minimum atomic E-state index is -3.68. The number of nitrogens with one attached hydrogen (secondary N) is 1. The normalized spacial score (nSPS) is 12.4. The summed E-state index contributed by atoms with van der Waals surface area (Å²) in [6.07, 6.45) is 0. The van der Waals surface area contributed by atoms with E-state index in [2.05, 4.69) is 14.6 Å². The van der Waals surface area contributed by atoms with Crippen molar-refractivity contribution in [2.24, 2.45) is 10.9 Å². The fourth-order valence-corrected chi connectivity index (χ4v) is 2.22. The molecule has 0 atom stereocenters. The molecule has 0 bridgehead atoms. The van der Waals surface area contributed by atoms with E-state index in [4.69, 9.17) is 10.9 Å². The van der Waals surface area contributed by atoms with Crippen molar-refractivity contribution in [3.05, 3.63) is 29.6 Å². The molecular formula is C10H14FN3O4S. The van der Waals surface area contributed by atoms with Gasteiger partial charge in [-0.05, 0) is 18.2 Å². The van der Waals surface area contributed by atoms with Crippen LogP contribution in [-0.2, 0) is 14.8 Å². The van der Waals surface area contributed by atoms with E-state index in [1.807, 2.05) is 0 Å². The lowest BCUT2D eigenvalue weighted by Crippen LogP contribution is -2.20. The van der Waals surface area contributed by atoms with Crippen LogP contribution in [0.15, 0.2) is 23.4 Å². The van der Waals surface area contributed by atoms with Crippen molar-refractivity contribution in [1.82, 2.24) is 0 Å². The van der Waals surface area contributed by atoms with Gasteiger partial charge in [-0.1, -0.05) is 5.16 Å². The molecule has 0 fully saturated rings. The van der Waals surface area contributed by atoms with Crippen molar-refractivity contribution in [3.8, 4) is 0 Å². The van der Waals surface area contributed by atoms with Crippen LogP contribution in [0.3, 0.4) is 0 Å². The molecule has 0 unspecified atom stereocenters. The molecule has 0 aliphatic heterocycles. The maximum absolute atomic E-state index is 13.6. The summed E-state index contributed by atoms with van der Waals surface area (Å²) in [4.78, 5) is 0. The summed E-state index contributed by atoms with van der Waals surface area (Å²) in [5, 5.41) is 11.2. The average molecular weight is 291 g/mol. The molecule has 9 heteroatoms. The van der Waals surface area contributed by atoms with Gasteiger partial charge in [0.1, 0.15) is 5.82 Å². The van der Waals surface area contributed by atoms with Gasteiger partial charge < -0.3 is 15.7 Å². The number of anilines is 1. The number of sulfonamides is 1. The summed E-state index contributed by atoms with van der Waals surface area (Å²) in [7, 11) is -2.32. The number of nitrogens with zero attached hydrogens (tertiary/aromatic N) is 1. The molecular weight excluding hydrogens is 277 g/mol. The summed E-state index contributed by atoms with van der Waals surface area (Å²) in [5.74, 6) is -1.39. The van der Waals surface area contributed by atoms with E-state index >= 15 is 0 Å². The minimum Gasteiger partial charge on any atom is -0.409 e. The van der Waals surface area contributed by atoms with E-state index < -0.39 is 15.8 Å². The molecule has 1 rings (SSSR count). The highest BCUT2D eigenvalue weighted by Gasteiger charge is 2.14. The Morgan fingerprint density at radius 2 is 2.26 bits per heavy atom. The van der Waals surface area contributed by atoms with Crippen molar-refractivity contribution in [2.45, 2.75) is 0 Å². The predicted octanol–water partition coefficient (Wildman–Crippen LogP) is 0.308. The highest BCUT2D eigenvalue weighted by molar-refractivity contribution is 7.92. The molecule has 0 saturated heterocycles. The van der Waals surface area contributed by atoms with Crippen LogP contribution >= 0.6 is 0 Å². The van der Waals surface area contributed by atoms with Gasteiger partial charge in [0, 0.05) is 12.7 Å². The second-order valence-corrected chi connectivity index (χ2v) is 5.44. The molecule has 7 nitrogen and oxygen atoms in total. The third kappa shape index (κ3) is 4.38. The van der Waals surface area contributed by atoms with Gasteiger partial charge in [0.25, 0.3) is 0 Å². The Hall–Kier alpha value is -1.87. The van der Waals surface area contributed by atoms with Crippen LogP contribution in [0.5, 0.6) is 0 Å². The smallest absolute Gasteiger partial charge is 0.235 e. The number of ether oxygens (including phenoxy) is 1. The van der Waals surface area contributed by atoms with Crippen molar-refractivity contribution >= 4 is 21.5 Å². The van der Waals surface area contributed by atoms with E-state index in [1.165, 1.54) is 19.2 Å². The van der Waals surface area contributed by atoms with Crippen molar-refractivity contribution in [1.29, 1.82) is 0 Å². The van der Waals surface area contributed by atoms with E-state index in [1.54, 1.807) is 0 Å². The second-order valence-electron chi connectivity index (χ2n) is 3.59. The largest absolute Gasteiger partial charge is 0.409 e. The highest BCUT2D eigenvalue weighted by atomic mass is 32.2. The van der Waals surface area contributed by atoms with Gasteiger partial charge in [-0.25, -0.2) is 12.8 Å². The standard InChI is InChI=1S/C10H14FN3O4S/c1-18-4-5-19(16,17)14-9-3-2-7(6-8(9)11)10(12)13-15/h2-3,6,14-15H,4-5H2,1H3,(H2,12,13). The predicted molar refractivity (Wildman–Crippen MR) is 68.2 cm³/mol. The van der Waals surface area contributed by atoms with Gasteiger partial charge in [0.15, 0.2) is 5.84 Å². The third-order valence-corrected chi connectivity index (χ3v) is 3.43. The maximum Gasteiger partial charge on any atom is 0.235 e. The summed E-state index contributed by atoms with van der Waals surface area (Å²) in [5.41, 5.74) is 5.21. The summed E-state index contributed by atoms with van der Waals surface area (Å²) >= 11 is 0. The number of nitrogens with two attached hydrogens (primary N) is 1. The van der Waals surface area contributed by atoms with Gasteiger partial charge in [0.2, 0.25) is 10.0 Å². The number of oxime groups is 1. The highest BCUT2D eigenvalue weighted by Crippen LogP contribution is 2.17. The van der Waals surface area contributed by atoms with E-state index in [-0.39, 0.29) is 29.4 Å². The number of halogens is 1. The zero-order valence-corrected chi connectivity index (χ0v) is 10.9. The van der Waals surface area contributed by atoms with E-state index in [0.717, 1.165) is 6.07 Å². The number of amidine groups is 1. The zero-order chi connectivity index (χ0) is 14.5. The summed E-state index contributed by atoms with van der Waals surface area (Å²) in [6.45, 7) is -0.000839. The quantitative estimate of drug-likeness (QED) is 0.302. The lowest BCUT2D eigenvalue weighted by atomic mass is 10.2. The fourth-order valence-electron chi connectivity index (χ4n) is 1.23. The summed E-state index contributed by atoms with van der Waals surface area (Å²) in [6, 6.07) is 3.47. The Balaban J connectivity index is 2.92. The number of hydrogen-bond acceptors (Lipinski definition) is 5. The molecule has 1 aromatic carbocycles. The van der Waals surface area contributed by atoms with Crippen LogP contribution in [0, 0.1) is 5.82 Å². The van der Waals surface area contributed by atoms with Gasteiger partial charge in [-0.2, -0.15) is 0 Å². The first-order chi connectivity index (χ1) is 8.89. The lowest BCUT2D eigenvalue weighted by molar-refractivity contribution is 0.217. The van der Waals surface area contributed by atoms with Gasteiger partial charge in [0.05, 0.1) is 18.0 Å². The van der Waals surface area contributed by atoms with Crippen LogP contribution in [0.1, 0.15) is 5.56 Å². The van der Waals surface area contributed by atoms with Crippen LogP contribution < -0.4 is 10.5 Å². The maximum atomic E-state index is 13.6. The molecule has 1 aromatic rings. The third-order valence-electron chi connectivity index (χ3n) is 2.19. The summed E-state index contributed by atoms with van der Waals surface area (Å²) < 4.78 is 43.4. The molecule has 0 aliphatic carbocycles. The van der Waals surface area contributed by atoms with Gasteiger partial charge >= 0.3 is 0 Å². The molecule has 4 N–H and O–H groups in total. The van der Waals surface area contributed by atoms with Crippen molar-refractivity contribution < 1.29 is 22.8 Å². The molecule has 19 heavy (non-hydrogen) atoms. The Morgan fingerprint density at radius 3 is 2.79 bits per heavy atom. The van der Waals surface area contributed by atoms with Crippen LogP contribution in [0.4, 0.5) is 10.1 Å². The SMILES string of the molecule is COCCS(=O)(=O)Nc1ccc(/C(N)=N/O)cc1F. The monoisotopic (exact) mass is 291 g/mol. The molecule has 0 aromatic heterocycles. The van der Waals surface area contributed by atoms with Gasteiger partial charge in [-0.15, -0.1) is 0 Å². The second kappa shape index (κ2) is 6.34. The van der Waals surface area contributed by atoms with Crippen LogP contribution in [0.25, 0.3) is 0 Å². The van der Waals surface area contributed by atoms with Crippen LogP contribution in [-0.4, -0.2) is 38.9 Å². The Bertz CT molecular complexity index is 574. The van der Waals surface area contributed by atoms with Crippen LogP contribution in [0.2, 0.25) is 0 Å². The molecule has 0 radical (unpaired) electrons. The molecule has 106 valence electrons. The first-order valence-corrected chi connectivity index (χ1v) is 6.81. The molecule has 0 spiro atoms. The molecule has 0 heterocycles. The Kier molecular flexibility index (Phi) is 5.07. The topological polar surface area (TPSA) is 114 Å². The van der Waals surface area contributed by atoms with Crippen molar-refractivity contribution in [3.63, 3.8) is 0 Å². The number of rotatable bonds is 6. The first kappa shape index (κ1) is 15.2. The average Bonchev–Trinajstić information content (AvgIpc) is 2.37. The Morgan fingerprint density at radius 1 is 1.58 bits per heavy atom. The molecule has 0 amide bonds. The number of benzene rings is 1.